The number of benzene rings is 2. The molecule has 2 aromatic carbocycles. The predicted molar refractivity (Wildman–Crippen MR) is 102 cm³/mol. The molecule has 5 nitrogen and oxygen atoms in total. The molecule has 0 aliphatic carbocycles. The van der Waals surface area contributed by atoms with Gasteiger partial charge in [0, 0.05) is 31.2 Å². The van der Waals surface area contributed by atoms with Crippen LogP contribution < -0.4 is 0 Å². The Kier molecular flexibility index (Phi) is 5.81. The van der Waals surface area contributed by atoms with Crippen LogP contribution in [0, 0.1) is 6.92 Å². The number of aromatic hydroxyl groups is 1. The van der Waals surface area contributed by atoms with Crippen LogP contribution in [0.1, 0.15) is 27.5 Å². The standard InChI is InChI=1S/C20H23ClN2O3/c1-14-3-2-4-15(11-14)18(13-24)22-7-9-23(10-8-22)20(26)17-6-5-16(21)12-19(17)25/h2-6,11-12,18,24-25H,7-10,13H2,1H3. The first-order valence-corrected chi connectivity index (χ1v) is 9.06. The van der Waals surface area contributed by atoms with E-state index in [-0.39, 0.29) is 29.9 Å². The summed E-state index contributed by atoms with van der Waals surface area (Å²) in [5.74, 6) is -0.298. The minimum Gasteiger partial charge on any atom is -0.507 e. The molecule has 138 valence electrons. The van der Waals surface area contributed by atoms with Crippen LogP contribution in [0.3, 0.4) is 0 Å². The molecule has 1 saturated heterocycles. The molecule has 3 rings (SSSR count). The maximum absolute atomic E-state index is 12.6. The van der Waals surface area contributed by atoms with E-state index in [0.29, 0.717) is 31.2 Å². The summed E-state index contributed by atoms with van der Waals surface area (Å²) in [6, 6.07) is 12.6. The molecule has 2 N–H and O–H groups in total. The molecule has 6 heteroatoms. The lowest BCUT2D eigenvalue weighted by Crippen LogP contribution is -2.50. The fourth-order valence-electron chi connectivity index (χ4n) is 3.40. The second kappa shape index (κ2) is 8.08. The summed E-state index contributed by atoms with van der Waals surface area (Å²) in [7, 11) is 0. The van der Waals surface area contributed by atoms with Crippen LogP contribution in [-0.2, 0) is 0 Å². The average molecular weight is 375 g/mol. The van der Waals surface area contributed by atoms with Gasteiger partial charge in [-0.05, 0) is 30.7 Å². The zero-order valence-electron chi connectivity index (χ0n) is 14.7. The first-order chi connectivity index (χ1) is 12.5. The van der Waals surface area contributed by atoms with Crippen LogP contribution in [0.2, 0.25) is 5.02 Å². The van der Waals surface area contributed by atoms with E-state index in [1.165, 1.54) is 6.07 Å². The highest BCUT2D eigenvalue weighted by Gasteiger charge is 2.28. The molecular weight excluding hydrogens is 352 g/mol. The molecule has 1 fully saturated rings. The Morgan fingerprint density at radius 1 is 1.15 bits per heavy atom. The van der Waals surface area contributed by atoms with E-state index >= 15 is 0 Å². The Morgan fingerprint density at radius 2 is 1.88 bits per heavy atom. The number of aryl methyl sites for hydroxylation is 1. The van der Waals surface area contributed by atoms with Crippen LogP contribution in [0.4, 0.5) is 0 Å². The Morgan fingerprint density at radius 3 is 2.50 bits per heavy atom. The summed E-state index contributed by atoms with van der Waals surface area (Å²) in [6.07, 6.45) is 0. The largest absolute Gasteiger partial charge is 0.507 e. The van der Waals surface area contributed by atoms with E-state index in [1.807, 2.05) is 25.1 Å². The van der Waals surface area contributed by atoms with E-state index in [2.05, 4.69) is 11.0 Å². The number of phenols is 1. The fourth-order valence-corrected chi connectivity index (χ4v) is 3.57. The highest BCUT2D eigenvalue weighted by atomic mass is 35.5. The second-order valence-corrected chi connectivity index (χ2v) is 7.04. The van der Waals surface area contributed by atoms with Crippen molar-refractivity contribution in [1.29, 1.82) is 0 Å². The Labute approximate surface area is 158 Å². The van der Waals surface area contributed by atoms with Gasteiger partial charge in [-0.1, -0.05) is 41.4 Å². The molecule has 2 aromatic rings. The molecule has 1 aliphatic rings. The number of piperazine rings is 1. The van der Waals surface area contributed by atoms with E-state index in [0.717, 1.165) is 11.1 Å². The van der Waals surface area contributed by atoms with Gasteiger partial charge in [-0.15, -0.1) is 0 Å². The van der Waals surface area contributed by atoms with Crippen LogP contribution in [0.15, 0.2) is 42.5 Å². The summed E-state index contributed by atoms with van der Waals surface area (Å²) in [6.45, 7) is 4.49. The maximum atomic E-state index is 12.6. The van der Waals surface area contributed by atoms with Crippen molar-refractivity contribution in [3.8, 4) is 5.75 Å². The maximum Gasteiger partial charge on any atom is 0.257 e. The highest BCUT2D eigenvalue weighted by molar-refractivity contribution is 6.30. The third-order valence-corrected chi connectivity index (χ3v) is 5.07. The zero-order valence-corrected chi connectivity index (χ0v) is 15.5. The minimum atomic E-state index is -0.199. The number of halogens is 1. The molecule has 0 spiro atoms. The van der Waals surface area contributed by atoms with Crippen molar-refractivity contribution in [3.05, 3.63) is 64.2 Å². The zero-order chi connectivity index (χ0) is 18.7. The van der Waals surface area contributed by atoms with Gasteiger partial charge in [0.1, 0.15) is 5.75 Å². The van der Waals surface area contributed by atoms with Gasteiger partial charge < -0.3 is 15.1 Å². The van der Waals surface area contributed by atoms with E-state index in [9.17, 15) is 15.0 Å². The molecule has 1 atom stereocenters. The first-order valence-electron chi connectivity index (χ1n) is 8.69. The number of amides is 1. The highest BCUT2D eigenvalue weighted by Crippen LogP contribution is 2.26. The van der Waals surface area contributed by atoms with Crippen LogP contribution in [0.5, 0.6) is 5.75 Å². The molecule has 1 heterocycles. The first kappa shape index (κ1) is 18.7. The number of carbonyl (C=O) groups is 1. The number of aliphatic hydroxyl groups is 1. The number of hydrogen-bond acceptors (Lipinski definition) is 4. The summed E-state index contributed by atoms with van der Waals surface area (Å²) in [5, 5.41) is 20.2. The molecule has 0 aromatic heterocycles. The lowest BCUT2D eigenvalue weighted by Gasteiger charge is -2.39. The van der Waals surface area contributed by atoms with Crippen molar-refractivity contribution in [1.82, 2.24) is 9.80 Å². The molecule has 1 aliphatic heterocycles. The number of hydrogen-bond donors (Lipinski definition) is 2. The summed E-state index contributed by atoms with van der Waals surface area (Å²) in [5.41, 5.74) is 2.51. The van der Waals surface area contributed by atoms with Crippen molar-refractivity contribution in [2.45, 2.75) is 13.0 Å². The van der Waals surface area contributed by atoms with Crippen LogP contribution in [0.25, 0.3) is 0 Å². The third kappa shape index (κ3) is 4.01. The van der Waals surface area contributed by atoms with Gasteiger partial charge in [0.15, 0.2) is 0 Å². The van der Waals surface area contributed by atoms with Gasteiger partial charge in [-0.2, -0.15) is 0 Å². The topological polar surface area (TPSA) is 64.0 Å². The number of phenolic OH excluding ortho intramolecular Hbond substituents is 1. The molecule has 1 amide bonds. The molecule has 1 unspecified atom stereocenters. The van der Waals surface area contributed by atoms with Gasteiger partial charge in [0.05, 0.1) is 18.2 Å². The van der Waals surface area contributed by atoms with Crippen LogP contribution in [-0.4, -0.2) is 58.7 Å². The number of rotatable bonds is 4. The quantitative estimate of drug-likeness (QED) is 0.863. The Bertz CT molecular complexity index is 788. The van der Waals surface area contributed by atoms with Gasteiger partial charge >= 0.3 is 0 Å². The Balaban J connectivity index is 1.67. The Hall–Kier alpha value is -2.08. The summed E-state index contributed by atoms with van der Waals surface area (Å²) >= 11 is 5.83. The third-order valence-electron chi connectivity index (χ3n) is 4.83. The molecule has 0 bridgehead atoms. The minimum absolute atomic E-state index is 0.0371. The fraction of sp³-hybridized carbons (Fsp3) is 0.350. The SMILES string of the molecule is Cc1cccc(C(CO)N2CCN(C(=O)c3ccc(Cl)cc3O)CC2)c1. The molecule has 0 radical (unpaired) electrons. The van der Waals surface area contributed by atoms with Crippen molar-refractivity contribution in [2.24, 2.45) is 0 Å². The molecule has 26 heavy (non-hydrogen) atoms. The average Bonchev–Trinajstić information content (AvgIpc) is 2.62. The van der Waals surface area contributed by atoms with Gasteiger partial charge in [0.25, 0.3) is 5.91 Å². The van der Waals surface area contributed by atoms with Crippen molar-refractivity contribution < 1.29 is 15.0 Å². The van der Waals surface area contributed by atoms with Crippen molar-refractivity contribution in [3.63, 3.8) is 0 Å². The lowest BCUT2D eigenvalue weighted by atomic mass is 10.0. The van der Waals surface area contributed by atoms with E-state index < -0.39 is 0 Å². The normalized spacial score (nSPS) is 16.5. The number of nitrogens with zero attached hydrogens (tertiary/aromatic N) is 2. The monoisotopic (exact) mass is 374 g/mol. The van der Waals surface area contributed by atoms with E-state index in [1.54, 1.807) is 17.0 Å². The van der Waals surface area contributed by atoms with Crippen LogP contribution >= 0.6 is 11.6 Å². The second-order valence-electron chi connectivity index (χ2n) is 6.60. The lowest BCUT2D eigenvalue weighted by molar-refractivity contribution is 0.0475. The van der Waals surface area contributed by atoms with E-state index in [4.69, 9.17) is 11.6 Å². The van der Waals surface area contributed by atoms with Gasteiger partial charge in [-0.3, -0.25) is 9.69 Å². The number of aliphatic hydroxyl groups excluding tert-OH is 1. The summed E-state index contributed by atoms with van der Waals surface area (Å²) in [4.78, 5) is 16.6. The smallest absolute Gasteiger partial charge is 0.257 e. The summed E-state index contributed by atoms with van der Waals surface area (Å²) < 4.78 is 0. The van der Waals surface area contributed by atoms with Gasteiger partial charge in [-0.25, -0.2) is 0 Å². The van der Waals surface area contributed by atoms with Gasteiger partial charge in [0.2, 0.25) is 0 Å². The number of carbonyl (C=O) groups excluding carboxylic acids is 1. The van der Waals surface area contributed by atoms with Crippen molar-refractivity contribution >= 4 is 17.5 Å². The van der Waals surface area contributed by atoms with Crippen molar-refractivity contribution in [2.75, 3.05) is 32.8 Å². The molecular formula is C20H23ClN2O3. The predicted octanol–water partition coefficient (Wildman–Crippen LogP) is 2.85. The molecule has 0 saturated carbocycles.